The molecule has 1 aliphatic carbocycles. The molecule has 1 fully saturated rings. The van der Waals surface area contributed by atoms with E-state index < -0.39 is 0 Å². The second kappa shape index (κ2) is 4.75. The highest BCUT2D eigenvalue weighted by Gasteiger charge is 2.45. The Morgan fingerprint density at radius 1 is 1.50 bits per heavy atom. The van der Waals surface area contributed by atoms with E-state index in [1.807, 2.05) is 13.0 Å². The molecule has 0 amide bonds. The highest BCUT2D eigenvalue weighted by Crippen LogP contribution is 2.48. The molecule has 16 heavy (non-hydrogen) atoms. The van der Waals surface area contributed by atoms with Crippen molar-refractivity contribution in [1.29, 1.82) is 0 Å². The molecule has 0 aromatic rings. The highest BCUT2D eigenvalue weighted by atomic mass is 16.3. The lowest BCUT2D eigenvalue weighted by molar-refractivity contribution is -0.0362. The molecule has 1 N–H and O–H groups in total. The molecular formula is C15H26O. The Bertz CT molecular complexity index is 279. The molecule has 0 aromatic carbocycles. The number of hydrogen-bond acceptors (Lipinski definition) is 1. The van der Waals surface area contributed by atoms with Crippen LogP contribution in [0.1, 0.15) is 40.5 Å². The van der Waals surface area contributed by atoms with Gasteiger partial charge in [-0.3, -0.25) is 0 Å². The van der Waals surface area contributed by atoms with E-state index >= 15 is 0 Å². The number of rotatable bonds is 3. The van der Waals surface area contributed by atoms with Crippen molar-refractivity contribution in [1.82, 2.24) is 0 Å². The lowest BCUT2D eigenvalue weighted by Crippen LogP contribution is -2.46. The van der Waals surface area contributed by atoms with E-state index in [0.717, 1.165) is 18.4 Å². The Balaban J connectivity index is 3.01. The van der Waals surface area contributed by atoms with Crippen molar-refractivity contribution in [3.05, 3.63) is 24.8 Å². The second-order valence-corrected chi connectivity index (χ2v) is 5.97. The van der Waals surface area contributed by atoms with Crippen molar-refractivity contribution in [2.24, 2.45) is 23.2 Å². The molecule has 0 saturated heterocycles. The van der Waals surface area contributed by atoms with Crippen LogP contribution in [0.3, 0.4) is 0 Å². The Labute approximate surface area is 100 Å². The quantitative estimate of drug-likeness (QED) is 0.720. The summed E-state index contributed by atoms with van der Waals surface area (Å²) in [6, 6.07) is 0. The first-order valence-corrected chi connectivity index (χ1v) is 6.30. The molecule has 92 valence electrons. The topological polar surface area (TPSA) is 20.2 Å². The normalized spacial score (nSPS) is 39.8. The van der Waals surface area contributed by atoms with Crippen molar-refractivity contribution in [3.63, 3.8) is 0 Å². The molecule has 0 unspecified atom stereocenters. The van der Waals surface area contributed by atoms with E-state index in [-0.39, 0.29) is 17.4 Å². The van der Waals surface area contributed by atoms with Gasteiger partial charge in [-0.2, -0.15) is 0 Å². The lowest BCUT2D eigenvalue weighted by Gasteiger charge is -2.48. The average molecular weight is 222 g/mol. The Morgan fingerprint density at radius 2 is 2.06 bits per heavy atom. The summed E-state index contributed by atoms with van der Waals surface area (Å²) >= 11 is 0. The van der Waals surface area contributed by atoms with Gasteiger partial charge in [0.05, 0.1) is 6.10 Å². The van der Waals surface area contributed by atoms with Crippen LogP contribution in [0.5, 0.6) is 0 Å². The van der Waals surface area contributed by atoms with Crippen molar-refractivity contribution >= 4 is 0 Å². The first kappa shape index (κ1) is 13.5. The smallest absolute Gasteiger partial charge is 0.0644 e. The van der Waals surface area contributed by atoms with Crippen molar-refractivity contribution < 1.29 is 5.11 Å². The van der Waals surface area contributed by atoms with Gasteiger partial charge in [-0.15, -0.1) is 6.58 Å². The van der Waals surface area contributed by atoms with Gasteiger partial charge in [-0.05, 0) is 37.0 Å². The Morgan fingerprint density at radius 3 is 2.44 bits per heavy atom. The minimum absolute atomic E-state index is 0.0106. The maximum Gasteiger partial charge on any atom is 0.0644 e. The van der Waals surface area contributed by atoms with E-state index in [1.165, 1.54) is 0 Å². The van der Waals surface area contributed by atoms with Crippen LogP contribution in [0.15, 0.2) is 24.8 Å². The largest absolute Gasteiger partial charge is 0.392 e. The molecule has 0 bridgehead atoms. The fraction of sp³-hybridized carbons (Fsp3) is 0.733. The van der Waals surface area contributed by atoms with Crippen LogP contribution in [-0.2, 0) is 0 Å². The third-order valence-corrected chi connectivity index (χ3v) is 4.36. The second-order valence-electron chi connectivity index (χ2n) is 5.97. The summed E-state index contributed by atoms with van der Waals surface area (Å²) in [7, 11) is 0. The zero-order valence-corrected chi connectivity index (χ0v) is 11.2. The molecule has 1 aliphatic rings. The maximum absolute atomic E-state index is 10.5. The Kier molecular flexibility index (Phi) is 4.01. The summed E-state index contributed by atoms with van der Waals surface area (Å²) < 4.78 is 0. The third kappa shape index (κ3) is 2.24. The summed E-state index contributed by atoms with van der Waals surface area (Å²) in [4.78, 5) is 0. The minimum Gasteiger partial charge on any atom is -0.392 e. The summed E-state index contributed by atoms with van der Waals surface area (Å²) in [5, 5.41) is 10.5. The molecule has 1 rings (SSSR count). The molecule has 0 aliphatic heterocycles. The molecule has 4 atom stereocenters. The molecule has 0 aromatic heterocycles. The molecule has 0 heterocycles. The van der Waals surface area contributed by atoms with Crippen molar-refractivity contribution in [2.45, 2.75) is 46.6 Å². The molecule has 1 heteroatoms. The summed E-state index contributed by atoms with van der Waals surface area (Å²) in [5.74, 6) is 1.09. The number of aliphatic hydroxyl groups excluding tert-OH is 1. The fourth-order valence-electron chi connectivity index (χ4n) is 3.25. The number of hydrogen-bond donors (Lipinski definition) is 1. The van der Waals surface area contributed by atoms with Gasteiger partial charge in [0.2, 0.25) is 0 Å². The van der Waals surface area contributed by atoms with E-state index in [2.05, 4.69) is 33.9 Å². The van der Waals surface area contributed by atoms with Gasteiger partial charge < -0.3 is 5.11 Å². The zero-order valence-electron chi connectivity index (χ0n) is 11.2. The maximum atomic E-state index is 10.5. The van der Waals surface area contributed by atoms with Crippen LogP contribution in [0.25, 0.3) is 0 Å². The average Bonchev–Trinajstić information content (AvgIpc) is 2.16. The first-order chi connectivity index (χ1) is 7.33. The minimum atomic E-state index is -0.269. The lowest BCUT2D eigenvalue weighted by atomic mass is 9.59. The fourth-order valence-corrected chi connectivity index (χ4v) is 3.25. The molecule has 1 saturated carbocycles. The standard InChI is InChI=1S/C15H26O/c1-7-15(6)9-8-12(10(2)3)14(16)13(15)11(4)5/h7,10,12-14,16H,1,4,8-9H2,2-3,5-6H3/t12-,13+,14+,15+/m1/s1. The first-order valence-electron chi connectivity index (χ1n) is 6.30. The molecular weight excluding hydrogens is 196 g/mol. The van der Waals surface area contributed by atoms with E-state index in [9.17, 15) is 5.11 Å². The Hall–Kier alpha value is -0.560. The summed E-state index contributed by atoms with van der Waals surface area (Å²) in [6.45, 7) is 16.6. The van der Waals surface area contributed by atoms with Gasteiger partial charge in [0.25, 0.3) is 0 Å². The molecule has 0 radical (unpaired) electrons. The van der Waals surface area contributed by atoms with Gasteiger partial charge in [-0.1, -0.05) is 39.0 Å². The van der Waals surface area contributed by atoms with Gasteiger partial charge in [0.15, 0.2) is 0 Å². The number of allylic oxidation sites excluding steroid dienone is 1. The van der Waals surface area contributed by atoms with E-state index in [1.54, 1.807) is 0 Å². The van der Waals surface area contributed by atoms with Crippen LogP contribution in [0, 0.1) is 23.2 Å². The van der Waals surface area contributed by atoms with Gasteiger partial charge >= 0.3 is 0 Å². The predicted molar refractivity (Wildman–Crippen MR) is 70.2 cm³/mol. The van der Waals surface area contributed by atoms with Crippen molar-refractivity contribution in [3.8, 4) is 0 Å². The van der Waals surface area contributed by atoms with Gasteiger partial charge in [0, 0.05) is 5.92 Å². The van der Waals surface area contributed by atoms with E-state index in [4.69, 9.17) is 0 Å². The van der Waals surface area contributed by atoms with Gasteiger partial charge in [-0.25, -0.2) is 0 Å². The third-order valence-electron chi connectivity index (χ3n) is 4.36. The highest BCUT2D eigenvalue weighted by molar-refractivity contribution is 5.15. The zero-order chi connectivity index (χ0) is 12.5. The van der Waals surface area contributed by atoms with Crippen LogP contribution >= 0.6 is 0 Å². The molecule has 0 spiro atoms. The monoisotopic (exact) mass is 222 g/mol. The van der Waals surface area contributed by atoms with Crippen LogP contribution in [0.4, 0.5) is 0 Å². The predicted octanol–water partition coefficient (Wildman–Crippen LogP) is 3.80. The number of aliphatic hydroxyl groups is 1. The summed E-state index contributed by atoms with van der Waals surface area (Å²) in [6.07, 6.45) is 3.93. The van der Waals surface area contributed by atoms with Crippen LogP contribution < -0.4 is 0 Å². The van der Waals surface area contributed by atoms with Crippen LogP contribution in [0.2, 0.25) is 0 Å². The van der Waals surface area contributed by atoms with Crippen LogP contribution in [-0.4, -0.2) is 11.2 Å². The summed E-state index contributed by atoms with van der Waals surface area (Å²) in [5.41, 5.74) is 1.09. The van der Waals surface area contributed by atoms with E-state index in [0.29, 0.717) is 11.8 Å². The van der Waals surface area contributed by atoms with Gasteiger partial charge in [0.1, 0.15) is 0 Å². The SMILES string of the molecule is C=C[C@@]1(C)CC[C@H](C(C)C)[C@H](O)[C@@H]1C(=C)C. The molecule has 1 nitrogen and oxygen atoms in total. The van der Waals surface area contributed by atoms with Crippen molar-refractivity contribution in [2.75, 3.05) is 0 Å².